The molecule has 1 aliphatic heterocycles. The standard InChI is InChI=1S/C35H37N7O4/c1-20(38-35(44)45)15-24-17-36-18-27(21(24)2)23-11-13-30-26(16-23)32(41-42(30)31-9-5-6-14-46-31)33-37-19-29(39-33)34(43)40-28-12-10-22-7-3-4-8-25(22)28/h3-4,7-8,11,13,16-20,28,31,38H,5-6,9-10,12,14-15H2,1-2H3,(H,37,39)(H,40,43)(H,44,45)/t20?,28-,31?/m1/s1. The molecular weight excluding hydrogens is 582 g/mol. The second-order valence-electron chi connectivity index (χ2n) is 12.3. The average Bonchev–Trinajstić information content (AvgIpc) is 3.79. The summed E-state index contributed by atoms with van der Waals surface area (Å²) >= 11 is 0. The lowest BCUT2D eigenvalue weighted by Crippen LogP contribution is -2.32. The molecule has 0 spiro atoms. The summed E-state index contributed by atoms with van der Waals surface area (Å²) in [5, 5.41) is 20.7. The predicted octanol–water partition coefficient (Wildman–Crippen LogP) is 6.11. The molecule has 5 aromatic rings. The summed E-state index contributed by atoms with van der Waals surface area (Å²) in [5.41, 5.74) is 8.28. The minimum Gasteiger partial charge on any atom is -0.465 e. The lowest BCUT2D eigenvalue weighted by atomic mass is 9.95. The van der Waals surface area contributed by atoms with Crippen molar-refractivity contribution < 1.29 is 19.4 Å². The van der Waals surface area contributed by atoms with E-state index in [1.165, 1.54) is 11.1 Å². The Hall–Kier alpha value is -5.03. The molecule has 236 valence electrons. The number of carbonyl (C=O) groups excluding carboxylic acids is 1. The van der Waals surface area contributed by atoms with Gasteiger partial charge in [-0.2, -0.15) is 5.10 Å². The fourth-order valence-corrected chi connectivity index (χ4v) is 6.78. The van der Waals surface area contributed by atoms with Gasteiger partial charge in [-0.25, -0.2) is 14.5 Å². The Kier molecular flexibility index (Phi) is 8.00. The molecule has 1 fully saturated rings. The summed E-state index contributed by atoms with van der Waals surface area (Å²) in [6.45, 7) is 4.55. The van der Waals surface area contributed by atoms with Gasteiger partial charge >= 0.3 is 6.09 Å². The highest BCUT2D eigenvalue weighted by atomic mass is 16.5. The third-order valence-electron chi connectivity index (χ3n) is 9.14. The number of pyridine rings is 1. The van der Waals surface area contributed by atoms with E-state index < -0.39 is 6.09 Å². The van der Waals surface area contributed by atoms with E-state index >= 15 is 0 Å². The van der Waals surface area contributed by atoms with E-state index in [1.807, 2.05) is 42.9 Å². The molecule has 2 aromatic carbocycles. The predicted molar refractivity (Wildman–Crippen MR) is 173 cm³/mol. The lowest BCUT2D eigenvalue weighted by molar-refractivity contribution is -0.0365. The molecule has 2 amide bonds. The van der Waals surface area contributed by atoms with Gasteiger partial charge in [0.2, 0.25) is 0 Å². The van der Waals surface area contributed by atoms with Crippen LogP contribution in [0.2, 0.25) is 0 Å². The first-order valence-corrected chi connectivity index (χ1v) is 15.9. The summed E-state index contributed by atoms with van der Waals surface area (Å²) < 4.78 is 8.07. The summed E-state index contributed by atoms with van der Waals surface area (Å²) in [6, 6.07) is 14.1. The maximum absolute atomic E-state index is 13.3. The molecule has 1 saturated heterocycles. The molecule has 4 N–H and O–H groups in total. The average molecular weight is 620 g/mol. The van der Waals surface area contributed by atoms with Gasteiger partial charge in [0.25, 0.3) is 5.91 Å². The quantitative estimate of drug-likeness (QED) is 0.164. The Morgan fingerprint density at radius 1 is 1.13 bits per heavy atom. The topological polar surface area (TPSA) is 147 Å². The summed E-state index contributed by atoms with van der Waals surface area (Å²) in [6.07, 6.45) is 9.24. The third kappa shape index (κ3) is 5.74. The van der Waals surface area contributed by atoms with Crippen molar-refractivity contribution in [2.45, 2.75) is 70.7 Å². The zero-order chi connectivity index (χ0) is 31.8. The highest BCUT2D eigenvalue weighted by molar-refractivity contribution is 5.97. The van der Waals surface area contributed by atoms with Gasteiger partial charge < -0.3 is 25.5 Å². The van der Waals surface area contributed by atoms with Crippen molar-refractivity contribution in [3.05, 3.63) is 89.0 Å². The largest absolute Gasteiger partial charge is 0.465 e. The van der Waals surface area contributed by atoms with Crippen molar-refractivity contribution in [1.29, 1.82) is 0 Å². The number of ether oxygens (including phenoxy) is 1. The van der Waals surface area contributed by atoms with Crippen LogP contribution in [-0.2, 0) is 17.6 Å². The molecule has 7 rings (SSSR count). The van der Waals surface area contributed by atoms with Crippen LogP contribution in [-0.4, -0.2) is 54.5 Å². The van der Waals surface area contributed by atoms with E-state index in [2.05, 4.69) is 49.9 Å². The molecule has 1 aliphatic carbocycles. The number of benzene rings is 2. The molecule has 0 saturated carbocycles. The van der Waals surface area contributed by atoms with Gasteiger partial charge in [0.1, 0.15) is 11.4 Å². The number of fused-ring (bicyclic) bond motifs is 2. The van der Waals surface area contributed by atoms with Crippen LogP contribution < -0.4 is 10.6 Å². The highest BCUT2D eigenvalue weighted by Gasteiger charge is 2.27. The minimum absolute atomic E-state index is 0.0306. The van der Waals surface area contributed by atoms with Crippen LogP contribution in [0.1, 0.15) is 77.6 Å². The van der Waals surface area contributed by atoms with Crippen LogP contribution in [0.4, 0.5) is 4.79 Å². The van der Waals surface area contributed by atoms with Gasteiger partial charge in [-0.05, 0) is 92.3 Å². The van der Waals surface area contributed by atoms with Crippen molar-refractivity contribution in [2.24, 2.45) is 0 Å². The smallest absolute Gasteiger partial charge is 0.404 e. The normalized spacial score (nSPS) is 18.3. The van der Waals surface area contributed by atoms with E-state index in [4.69, 9.17) is 14.9 Å². The molecule has 0 radical (unpaired) electrons. The molecule has 2 unspecified atom stereocenters. The summed E-state index contributed by atoms with van der Waals surface area (Å²) in [4.78, 5) is 36.9. The second kappa shape index (κ2) is 12.4. The number of aryl methyl sites for hydroxylation is 1. The SMILES string of the molecule is Cc1c(CC(C)NC(=O)O)cncc1-c1ccc2c(c1)c(-c1ncc(C(=O)N[C@@H]3CCc4ccccc43)[nH]1)nn2C1CCCCO1. The monoisotopic (exact) mass is 619 g/mol. The maximum atomic E-state index is 13.3. The molecule has 4 heterocycles. The number of aromatic nitrogens is 5. The van der Waals surface area contributed by atoms with Crippen molar-refractivity contribution in [3.63, 3.8) is 0 Å². The Morgan fingerprint density at radius 2 is 2.00 bits per heavy atom. The van der Waals surface area contributed by atoms with Crippen LogP contribution >= 0.6 is 0 Å². The van der Waals surface area contributed by atoms with Crippen molar-refractivity contribution >= 4 is 22.9 Å². The molecule has 11 heteroatoms. The second-order valence-corrected chi connectivity index (χ2v) is 12.3. The molecular formula is C35H37N7O4. The maximum Gasteiger partial charge on any atom is 0.404 e. The fourth-order valence-electron chi connectivity index (χ4n) is 6.78. The number of nitrogens with zero attached hydrogens (tertiary/aromatic N) is 4. The van der Waals surface area contributed by atoms with E-state index in [-0.39, 0.29) is 24.2 Å². The van der Waals surface area contributed by atoms with Crippen LogP contribution in [0, 0.1) is 6.92 Å². The number of carboxylic acid groups (broad SMARTS) is 1. The molecule has 11 nitrogen and oxygen atoms in total. The van der Waals surface area contributed by atoms with Crippen LogP contribution in [0.15, 0.2) is 61.1 Å². The van der Waals surface area contributed by atoms with Crippen molar-refractivity contribution in [1.82, 2.24) is 35.4 Å². The molecule has 0 bridgehead atoms. The van der Waals surface area contributed by atoms with Gasteiger partial charge in [0, 0.05) is 36.0 Å². The Bertz CT molecular complexity index is 1920. The number of hydrogen-bond acceptors (Lipinski definition) is 6. The third-order valence-corrected chi connectivity index (χ3v) is 9.14. The lowest BCUT2D eigenvalue weighted by Gasteiger charge is -2.23. The van der Waals surface area contributed by atoms with E-state index in [0.717, 1.165) is 65.3 Å². The molecule has 2 aliphatic rings. The number of nitrogens with one attached hydrogen (secondary N) is 3. The first-order valence-electron chi connectivity index (χ1n) is 15.9. The van der Waals surface area contributed by atoms with E-state index in [0.29, 0.717) is 30.2 Å². The summed E-state index contributed by atoms with van der Waals surface area (Å²) in [7, 11) is 0. The Labute approximate surface area is 266 Å². The zero-order valence-corrected chi connectivity index (χ0v) is 25.9. The van der Waals surface area contributed by atoms with Gasteiger partial charge in [-0.1, -0.05) is 30.3 Å². The summed E-state index contributed by atoms with van der Waals surface area (Å²) in [5.74, 6) is 0.302. The number of aromatic amines is 1. The van der Waals surface area contributed by atoms with Gasteiger partial charge in [0.05, 0.1) is 17.8 Å². The number of hydrogen-bond donors (Lipinski definition) is 4. The van der Waals surface area contributed by atoms with E-state index in [1.54, 1.807) is 12.4 Å². The van der Waals surface area contributed by atoms with Crippen molar-refractivity contribution in [2.75, 3.05) is 6.61 Å². The first-order chi connectivity index (χ1) is 22.4. The fraction of sp³-hybridized carbons (Fsp3) is 0.343. The minimum atomic E-state index is -1.05. The molecule has 3 atom stereocenters. The van der Waals surface area contributed by atoms with E-state index in [9.17, 15) is 9.59 Å². The Morgan fingerprint density at radius 3 is 2.83 bits per heavy atom. The zero-order valence-electron chi connectivity index (χ0n) is 25.9. The first kappa shape index (κ1) is 29.7. The van der Waals surface area contributed by atoms with Crippen LogP contribution in [0.5, 0.6) is 0 Å². The number of carbonyl (C=O) groups is 2. The number of rotatable bonds is 8. The number of imidazole rings is 1. The van der Waals surface area contributed by atoms with Gasteiger partial charge in [0.15, 0.2) is 12.1 Å². The highest BCUT2D eigenvalue weighted by Crippen LogP contribution is 2.36. The van der Waals surface area contributed by atoms with Crippen LogP contribution in [0.25, 0.3) is 33.5 Å². The van der Waals surface area contributed by atoms with Crippen molar-refractivity contribution in [3.8, 4) is 22.6 Å². The number of H-pyrrole nitrogens is 1. The molecule has 46 heavy (non-hydrogen) atoms. The Balaban J connectivity index is 1.23. The molecule has 3 aromatic heterocycles. The van der Waals surface area contributed by atoms with Gasteiger partial charge in [-0.15, -0.1) is 0 Å². The van der Waals surface area contributed by atoms with Gasteiger partial charge in [-0.3, -0.25) is 9.78 Å². The van der Waals surface area contributed by atoms with Crippen LogP contribution in [0.3, 0.4) is 0 Å². The number of amides is 2.